The summed E-state index contributed by atoms with van der Waals surface area (Å²) < 4.78 is 10.7. The number of nitrogens with zero attached hydrogens (tertiary/aromatic N) is 1. The van der Waals surface area contributed by atoms with E-state index in [4.69, 9.17) is 9.47 Å². The first-order valence-corrected chi connectivity index (χ1v) is 10.4. The highest BCUT2D eigenvalue weighted by Gasteiger charge is 2.18. The SMILES string of the molecule is COc1ccc(C(CC(C)C)NC(=O)c2cccc(CN3CCOCC3)c2)cc1. The van der Waals surface area contributed by atoms with Crippen molar-refractivity contribution in [3.63, 3.8) is 0 Å². The van der Waals surface area contributed by atoms with Crippen molar-refractivity contribution in [3.05, 3.63) is 65.2 Å². The zero-order chi connectivity index (χ0) is 20.6. The highest BCUT2D eigenvalue weighted by molar-refractivity contribution is 5.94. The summed E-state index contributed by atoms with van der Waals surface area (Å²) in [4.78, 5) is 15.4. The fraction of sp³-hybridized carbons (Fsp3) is 0.458. The molecule has 0 aromatic heterocycles. The smallest absolute Gasteiger partial charge is 0.251 e. The summed E-state index contributed by atoms with van der Waals surface area (Å²) in [5.41, 5.74) is 2.96. The third kappa shape index (κ3) is 6.31. The molecule has 1 unspecified atom stereocenters. The van der Waals surface area contributed by atoms with Crippen LogP contribution in [0.25, 0.3) is 0 Å². The van der Waals surface area contributed by atoms with Crippen molar-refractivity contribution < 1.29 is 14.3 Å². The van der Waals surface area contributed by atoms with E-state index in [2.05, 4.69) is 30.1 Å². The van der Waals surface area contributed by atoms with Crippen molar-refractivity contribution in [3.8, 4) is 5.75 Å². The summed E-state index contributed by atoms with van der Waals surface area (Å²) in [6, 6.07) is 15.9. The summed E-state index contributed by atoms with van der Waals surface area (Å²) >= 11 is 0. The van der Waals surface area contributed by atoms with Gasteiger partial charge in [0, 0.05) is 25.2 Å². The average Bonchev–Trinajstić information content (AvgIpc) is 2.74. The molecule has 3 rings (SSSR count). The molecule has 1 heterocycles. The van der Waals surface area contributed by atoms with E-state index >= 15 is 0 Å². The van der Waals surface area contributed by atoms with E-state index in [0.29, 0.717) is 11.5 Å². The molecule has 1 fully saturated rings. The topological polar surface area (TPSA) is 50.8 Å². The number of methoxy groups -OCH3 is 1. The van der Waals surface area contributed by atoms with Crippen LogP contribution >= 0.6 is 0 Å². The minimum atomic E-state index is -0.0321. The minimum Gasteiger partial charge on any atom is -0.497 e. The Kier molecular flexibility index (Phi) is 7.67. The highest BCUT2D eigenvalue weighted by atomic mass is 16.5. The zero-order valence-corrected chi connectivity index (χ0v) is 17.7. The third-order valence-corrected chi connectivity index (χ3v) is 5.23. The van der Waals surface area contributed by atoms with Crippen LogP contribution in [-0.4, -0.2) is 44.2 Å². The van der Waals surface area contributed by atoms with Gasteiger partial charge in [-0.1, -0.05) is 38.1 Å². The van der Waals surface area contributed by atoms with Crippen LogP contribution in [0.1, 0.15) is 47.8 Å². The molecule has 5 nitrogen and oxygen atoms in total. The molecule has 2 aromatic rings. The van der Waals surface area contributed by atoms with Crippen molar-refractivity contribution in [1.29, 1.82) is 0 Å². The van der Waals surface area contributed by atoms with E-state index in [1.165, 1.54) is 0 Å². The number of benzene rings is 2. The lowest BCUT2D eigenvalue weighted by molar-refractivity contribution is 0.0342. The van der Waals surface area contributed by atoms with Crippen LogP contribution in [-0.2, 0) is 11.3 Å². The lowest BCUT2D eigenvalue weighted by Crippen LogP contribution is -2.35. The van der Waals surface area contributed by atoms with Crippen LogP contribution in [0.3, 0.4) is 0 Å². The van der Waals surface area contributed by atoms with Gasteiger partial charge in [0.1, 0.15) is 5.75 Å². The molecule has 1 saturated heterocycles. The second-order valence-electron chi connectivity index (χ2n) is 8.02. The van der Waals surface area contributed by atoms with Crippen molar-refractivity contribution >= 4 is 5.91 Å². The van der Waals surface area contributed by atoms with Crippen LogP contribution in [0.2, 0.25) is 0 Å². The molecule has 1 atom stereocenters. The Hall–Kier alpha value is -2.37. The molecule has 0 bridgehead atoms. The number of nitrogens with one attached hydrogen (secondary N) is 1. The summed E-state index contributed by atoms with van der Waals surface area (Å²) in [5, 5.41) is 3.24. The molecule has 5 heteroatoms. The fourth-order valence-electron chi connectivity index (χ4n) is 3.66. The van der Waals surface area contributed by atoms with Gasteiger partial charge >= 0.3 is 0 Å². The van der Waals surface area contributed by atoms with Crippen molar-refractivity contribution in [2.45, 2.75) is 32.9 Å². The molecular formula is C24H32N2O3. The Labute approximate surface area is 174 Å². The van der Waals surface area contributed by atoms with Gasteiger partial charge in [-0.3, -0.25) is 9.69 Å². The normalized spacial score (nSPS) is 15.9. The van der Waals surface area contributed by atoms with Gasteiger partial charge in [-0.15, -0.1) is 0 Å². The van der Waals surface area contributed by atoms with Gasteiger partial charge in [0.2, 0.25) is 0 Å². The predicted octanol–water partition coefficient (Wildman–Crippen LogP) is 4.04. The van der Waals surface area contributed by atoms with Gasteiger partial charge < -0.3 is 14.8 Å². The molecule has 1 aliphatic heterocycles. The fourth-order valence-corrected chi connectivity index (χ4v) is 3.66. The molecule has 1 aliphatic rings. The monoisotopic (exact) mass is 396 g/mol. The van der Waals surface area contributed by atoms with Crippen molar-refractivity contribution in [2.75, 3.05) is 33.4 Å². The average molecular weight is 397 g/mol. The second kappa shape index (κ2) is 10.4. The molecule has 1 N–H and O–H groups in total. The summed E-state index contributed by atoms with van der Waals surface area (Å²) in [6.45, 7) is 8.61. The van der Waals surface area contributed by atoms with E-state index in [-0.39, 0.29) is 11.9 Å². The van der Waals surface area contributed by atoms with Crippen LogP contribution in [0.15, 0.2) is 48.5 Å². The van der Waals surface area contributed by atoms with E-state index in [9.17, 15) is 4.79 Å². The van der Waals surface area contributed by atoms with Crippen molar-refractivity contribution in [1.82, 2.24) is 10.2 Å². The molecule has 1 amide bonds. The van der Waals surface area contributed by atoms with Gasteiger partial charge in [0.05, 0.1) is 26.4 Å². The first-order chi connectivity index (χ1) is 14.0. The van der Waals surface area contributed by atoms with Crippen LogP contribution in [0, 0.1) is 5.92 Å². The number of amides is 1. The largest absolute Gasteiger partial charge is 0.497 e. The molecule has 29 heavy (non-hydrogen) atoms. The molecule has 0 saturated carbocycles. The third-order valence-electron chi connectivity index (χ3n) is 5.23. The number of hydrogen-bond acceptors (Lipinski definition) is 4. The molecular weight excluding hydrogens is 364 g/mol. The minimum absolute atomic E-state index is 0.0312. The Balaban J connectivity index is 1.70. The Morgan fingerprint density at radius 1 is 1.14 bits per heavy atom. The number of ether oxygens (including phenoxy) is 2. The quantitative estimate of drug-likeness (QED) is 0.732. The first-order valence-electron chi connectivity index (χ1n) is 10.4. The molecule has 2 aromatic carbocycles. The number of hydrogen-bond donors (Lipinski definition) is 1. The number of morpholine rings is 1. The van der Waals surface area contributed by atoms with Gasteiger partial charge in [-0.05, 0) is 47.7 Å². The van der Waals surface area contributed by atoms with Gasteiger partial charge in [-0.25, -0.2) is 0 Å². The zero-order valence-electron chi connectivity index (χ0n) is 17.7. The lowest BCUT2D eigenvalue weighted by Gasteiger charge is -2.26. The Morgan fingerprint density at radius 3 is 2.52 bits per heavy atom. The van der Waals surface area contributed by atoms with Crippen molar-refractivity contribution in [2.24, 2.45) is 5.92 Å². The van der Waals surface area contributed by atoms with Gasteiger partial charge in [0.15, 0.2) is 0 Å². The molecule has 0 radical (unpaired) electrons. The van der Waals surface area contributed by atoms with Crippen LogP contribution in [0.5, 0.6) is 5.75 Å². The molecule has 0 aliphatic carbocycles. The van der Waals surface area contributed by atoms with E-state index in [0.717, 1.165) is 56.1 Å². The maximum atomic E-state index is 13.0. The van der Waals surface area contributed by atoms with Crippen LogP contribution < -0.4 is 10.1 Å². The summed E-state index contributed by atoms with van der Waals surface area (Å²) in [5.74, 6) is 1.25. The maximum absolute atomic E-state index is 13.0. The Morgan fingerprint density at radius 2 is 1.86 bits per heavy atom. The number of rotatable bonds is 8. The highest BCUT2D eigenvalue weighted by Crippen LogP contribution is 2.24. The number of carbonyl (C=O) groups excluding carboxylic acids is 1. The lowest BCUT2D eigenvalue weighted by atomic mass is 9.96. The number of carbonyl (C=O) groups is 1. The van der Waals surface area contributed by atoms with E-state index < -0.39 is 0 Å². The van der Waals surface area contributed by atoms with Gasteiger partial charge in [0.25, 0.3) is 5.91 Å². The standard InChI is InChI=1S/C24H32N2O3/c1-18(2)15-23(20-7-9-22(28-3)10-8-20)25-24(27)21-6-4-5-19(16-21)17-26-11-13-29-14-12-26/h4-10,16,18,23H,11-15,17H2,1-3H3,(H,25,27). The second-order valence-corrected chi connectivity index (χ2v) is 8.02. The Bertz CT molecular complexity index is 783. The maximum Gasteiger partial charge on any atom is 0.251 e. The van der Waals surface area contributed by atoms with Gasteiger partial charge in [-0.2, -0.15) is 0 Å². The first kappa shape index (κ1) is 21.3. The summed E-state index contributed by atoms with van der Waals surface area (Å²) in [7, 11) is 1.66. The van der Waals surface area contributed by atoms with E-state index in [1.54, 1.807) is 7.11 Å². The molecule has 156 valence electrons. The van der Waals surface area contributed by atoms with E-state index in [1.807, 2.05) is 42.5 Å². The summed E-state index contributed by atoms with van der Waals surface area (Å²) in [6.07, 6.45) is 0.880. The van der Waals surface area contributed by atoms with Crippen LogP contribution in [0.4, 0.5) is 0 Å². The predicted molar refractivity (Wildman–Crippen MR) is 115 cm³/mol. The molecule has 0 spiro atoms.